The van der Waals surface area contributed by atoms with Gasteiger partial charge in [-0.2, -0.15) is 0 Å². The van der Waals surface area contributed by atoms with E-state index in [-0.39, 0.29) is 11.7 Å². The summed E-state index contributed by atoms with van der Waals surface area (Å²) in [5.41, 5.74) is 1.68. The smallest absolute Gasteiger partial charge is 0.164 e. The second-order valence-electron chi connectivity index (χ2n) is 5.69. The zero-order valence-electron chi connectivity index (χ0n) is 13.5. The molecule has 0 saturated heterocycles. The van der Waals surface area contributed by atoms with Crippen LogP contribution in [0.25, 0.3) is 10.8 Å². The summed E-state index contributed by atoms with van der Waals surface area (Å²) < 4.78 is 5.23. The van der Waals surface area contributed by atoms with Crippen molar-refractivity contribution in [2.45, 2.75) is 12.3 Å². The molecule has 0 amide bonds. The van der Waals surface area contributed by atoms with Gasteiger partial charge in [-0.3, -0.25) is 4.79 Å². The first-order valence-electron chi connectivity index (χ1n) is 7.83. The summed E-state index contributed by atoms with van der Waals surface area (Å²) in [6, 6.07) is 21.3. The molecule has 2 nitrogen and oxygen atoms in total. The summed E-state index contributed by atoms with van der Waals surface area (Å²) >= 11 is 0. The molecule has 24 heavy (non-hydrogen) atoms. The number of ketones is 1. The predicted molar refractivity (Wildman–Crippen MR) is 97.5 cm³/mol. The summed E-state index contributed by atoms with van der Waals surface area (Å²) in [5, 5.41) is 2.06. The lowest BCUT2D eigenvalue weighted by atomic mass is 9.91. The zero-order chi connectivity index (χ0) is 16.9. The number of fused-ring (bicyclic) bond motifs is 1. The summed E-state index contributed by atoms with van der Waals surface area (Å²) in [6.45, 7) is 0. The molecule has 0 heterocycles. The fourth-order valence-electron chi connectivity index (χ4n) is 2.79. The van der Waals surface area contributed by atoms with Gasteiger partial charge in [0.2, 0.25) is 0 Å². The van der Waals surface area contributed by atoms with Gasteiger partial charge in [0.25, 0.3) is 0 Å². The Labute approximate surface area is 142 Å². The first-order chi connectivity index (χ1) is 11.7. The van der Waals surface area contributed by atoms with Gasteiger partial charge in [-0.05, 0) is 34.5 Å². The van der Waals surface area contributed by atoms with Gasteiger partial charge in [0.1, 0.15) is 5.75 Å². The maximum absolute atomic E-state index is 12.6. The van der Waals surface area contributed by atoms with E-state index in [0.717, 1.165) is 22.1 Å². The molecule has 3 rings (SSSR count). The van der Waals surface area contributed by atoms with Crippen molar-refractivity contribution in [1.29, 1.82) is 0 Å². The predicted octanol–water partition coefficient (Wildman–Crippen LogP) is 4.84. The Bertz CT molecular complexity index is 904. The van der Waals surface area contributed by atoms with Crippen molar-refractivity contribution >= 4 is 16.6 Å². The molecule has 3 aromatic carbocycles. The normalized spacial score (nSPS) is 11.7. The molecule has 0 radical (unpaired) electrons. The van der Waals surface area contributed by atoms with Crippen LogP contribution >= 0.6 is 0 Å². The summed E-state index contributed by atoms with van der Waals surface area (Å²) in [6.07, 6.45) is 5.95. The Morgan fingerprint density at radius 2 is 1.75 bits per heavy atom. The van der Waals surface area contributed by atoms with Crippen LogP contribution in [0.15, 0.2) is 66.7 Å². The van der Waals surface area contributed by atoms with E-state index in [4.69, 9.17) is 11.2 Å². The van der Waals surface area contributed by atoms with Gasteiger partial charge in [-0.25, -0.2) is 0 Å². The number of hydrogen-bond acceptors (Lipinski definition) is 2. The van der Waals surface area contributed by atoms with Crippen LogP contribution in [0.5, 0.6) is 5.75 Å². The molecule has 0 saturated carbocycles. The first-order valence-corrected chi connectivity index (χ1v) is 7.83. The highest BCUT2D eigenvalue weighted by Crippen LogP contribution is 2.25. The Kier molecular flexibility index (Phi) is 4.63. The molecule has 0 spiro atoms. The molecule has 0 bridgehead atoms. The number of hydrogen-bond donors (Lipinski definition) is 0. The van der Waals surface area contributed by atoms with Crippen molar-refractivity contribution in [2.75, 3.05) is 7.11 Å². The van der Waals surface area contributed by atoms with Crippen LogP contribution in [0.1, 0.15) is 28.3 Å². The van der Waals surface area contributed by atoms with E-state index in [9.17, 15) is 4.79 Å². The van der Waals surface area contributed by atoms with Crippen molar-refractivity contribution in [3.63, 3.8) is 0 Å². The zero-order valence-corrected chi connectivity index (χ0v) is 13.5. The van der Waals surface area contributed by atoms with Gasteiger partial charge >= 0.3 is 0 Å². The minimum atomic E-state index is -0.203. The SMILES string of the molecule is C#C[C@@H](CC(=O)c1ccc2cc(OC)ccc2c1)c1ccccc1. The second kappa shape index (κ2) is 7.02. The average molecular weight is 314 g/mol. The molecule has 0 N–H and O–H groups in total. The van der Waals surface area contributed by atoms with Crippen LogP contribution in [0.3, 0.4) is 0 Å². The summed E-state index contributed by atoms with van der Waals surface area (Å²) in [7, 11) is 1.64. The number of benzene rings is 3. The van der Waals surface area contributed by atoms with Crippen LogP contribution in [0.4, 0.5) is 0 Å². The third-order valence-electron chi connectivity index (χ3n) is 4.16. The fourth-order valence-corrected chi connectivity index (χ4v) is 2.79. The van der Waals surface area contributed by atoms with Crippen LogP contribution in [0.2, 0.25) is 0 Å². The van der Waals surface area contributed by atoms with Gasteiger partial charge in [0.15, 0.2) is 5.78 Å². The Balaban J connectivity index is 1.84. The highest BCUT2D eigenvalue weighted by molar-refractivity contribution is 6.00. The van der Waals surface area contributed by atoms with E-state index < -0.39 is 0 Å². The number of carbonyl (C=O) groups excluding carboxylic acids is 1. The van der Waals surface area contributed by atoms with E-state index in [1.165, 1.54) is 0 Å². The molecule has 3 aromatic rings. The van der Waals surface area contributed by atoms with Crippen LogP contribution in [-0.2, 0) is 0 Å². The lowest BCUT2D eigenvalue weighted by molar-refractivity contribution is 0.0979. The monoisotopic (exact) mass is 314 g/mol. The molecule has 118 valence electrons. The first kappa shape index (κ1) is 15.8. The highest BCUT2D eigenvalue weighted by Gasteiger charge is 2.15. The quantitative estimate of drug-likeness (QED) is 0.497. The summed E-state index contributed by atoms with van der Waals surface area (Å²) in [4.78, 5) is 12.6. The van der Waals surface area contributed by atoms with Gasteiger partial charge in [-0.15, -0.1) is 6.42 Å². The fraction of sp³-hybridized carbons (Fsp3) is 0.136. The van der Waals surface area contributed by atoms with Gasteiger partial charge in [-0.1, -0.05) is 54.5 Å². The molecule has 0 aliphatic heterocycles. The van der Waals surface area contributed by atoms with Crippen molar-refractivity contribution in [3.8, 4) is 18.1 Å². The van der Waals surface area contributed by atoms with Crippen LogP contribution in [-0.4, -0.2) is 12.9 Å². The van der Waals surface area contributed by atoms with E-state index in [1.807, 2.05) is 66.7 Å². The van der Waals surface area contributed by atoms with Crippen LogP contribution < -0.4 is 4.74 Å². The largest absolute Gasteiger partial charge is 0.497 e. The molecular formula is C22H18O2. The van der Waals surface area contributed by atoms with E-state index >= 15 is 0 Å². The molecule has 0 unspecified atom stereocenters. The Morgan fingerprint density at radius 1 is 1.04 bits per heavy atom. The lowest BCUT2D eigenvalue weighted by Crippen LogP contribution is -2.06. The van der Waals surface area contributed by atoms with Gasteiger partial charge in [0, 0.05) is 12.0 Å². The molecule has 0 aliphatic carbocycles. The van der Waals surface area contributed by atoms with Crippen molar-refractivity contribution in [1.82, 2.24) is 0 Å². The Morgan fingerprint density at radius 3 is 2.46 bits per heavy atom. The second-order valence-corrected chi connectivity index (χ2v) is 5.69. The molecule has 2 heteroatoms. The maximum Gasteiger partial charge on any atom is 0.164 e. The minimum absolute atomic E-state index is 0.0551. The molecule has 0 aromatic heterocycles. The number of ether oxygens (including phenoxy) is 1. The van der Waals surface area contributed by atoms with Crippen molar-refractivity contribution < 1.29 is 9.53 Å². The number of terminal acetylenes is 1. The van der Waals surface area contributed by atoms with E-state index in [1.54, 1.807) is 7.11 Å². The van der Waals surface area contributed by atoms with Crippen molar-refractivity contribution in [3.05, 3.63) is 77.9 Å². The van der Waals surface area contributed by atoms with Crippen LogP contribution in [0, 0.1) is 12.3 Å². The summed E-state index contributed by atoms with van der Waals surface area (Å²) in [5.74, 6) is 3.39. The topological polar surface area (TPSA) is 26.3 Å². The molecule has 0 aliphatic rings. The van der Waals surface area contributed by atoms with Gasteiger partial charge < -0.3 is 4.74 Å². The third kappa shape index (κ3) is 3.31. The number of methoxy groups -OCH3 is 1. The highest BCUT2D eigenvalue weighted by atomic mass is 16.5. The maximum atomic E-state index is 12.6. The standard InChI is InChI=1S/C22H18O2/c1-3-16(17-7-5-4-6-8-17)15-22(23)20-10-9-19-14-21(24-2)12-11-18(19)13-20/h1,4-14,16H,15H2,2H3/t16-/m0/s1. The lowest BCUT2D eigenvalue weighted by Gasteiger charge is -2.11. The number of rotatable bonds is 5. The average Bonchev–Trinajstić information content (AvgIpc) is 2.65. The molecule has 1 atom stereocenters. The number of Topliss-reactive ketones (excluding diaryl/α,β-unsaturated/α-hetero) is 1. The Hall–Kier alpha value is -3.05. The van der Waals surface area contributed by atoms with Crippen molar-refractivity contribution in [2.24, 2.45) is 0 Å². The van der Waals surface area contributed by atoms with Gasteiger partial charge in [0.05, 0.1) is 13.0 Å². The molecule has 0 fully saturated rings. The number of carbonyl (C=O) groups is 1. The molecular weight excluding hydrogens is 296 g/mol. The van der Waals surface area contributed by atoms with E-state index in [0.29, 0.717) is 12.0 Å². The van der Waals surface area contributed by atoms with E-state index in [2.05, 4.69) is 5.92 Å². The third-order valence-corrected chi connectivity index (χ3v) is 4.16. The minimum Gasteiger partial charge on any atom is -0.497 e.